The minimum Gasteiger partial charge on any atom is -0.359 e. The average Bonchev–Trinajstić information content (AvgIpc) is 2.76. The second kappa shape index (κ2) is 9.41. The van der Waals surface area contributed by atoms with Crippen molar-refractivity contribution in [2.24, 2.45) is 0 Å². The molecule has 0 radical (unpaired) electrons. The molecule has 2 aromatic carbocycles. The second-order valence-electron chi connectivity index (χ2n) is 6.61. The summed E-state index contributed by atoms with van der Waals surface area (Å²) in [7, 11) is -3.74. The van der Waals surface area contributed by atoms with Crippen molar-refractivity contribution < 1.29 is 13.2 Å². The lowest BCUT2D eigenvalue weighted by molar-refractivity contribution is -0.116. The number of aromatic nitrogens is 1. The van der Waals surface area contributed by atoms with Crippen molar-refractivity contribution in [2.45, 2.75) is 24.8 Å². The lowest BCUT2D eigenvalue weighted by atomic mass is 10.2. The molecule has 8 heteroatoms. The maximum atomic E-state index is 13.0. The number of carbonyl (C=O) groups is 1. The van der Waals surface area contributed by atoms with Gasteiger partial charge in [-0.3, -0.25) is 9.10 Å². The van der Waals surface area contributed by atoms with Gasteiger partial charge in [-0.1, -0.05) is 36.4 Å². The van der Waals surface area contributed by atoms with Gasteiger partial charge in [-0.15, -0.1) is 0 Å². The van der Waals surface area contributed by atoms with Crippen LogP contribution in [0.1, 0.15) is 13.8 Å². The van der Waals surface area contributed by atoms with Crippen LogP contribution >= 0.6 is 0 Å². The number of carbonyl (C=O) groups excluding carboxylic acids is 1. The normalized spacial score (nSPS) is 12.1. The summed E-state index contributed by atoms with van der Waals surface area (Å²) < 4.78 is 27.3. The van der Waals surface area contributed by atoms with E-state index in [0.29, 0.717) is 23.7 Å². The molecule has 1 aromatic heterocycles. The van der Waals surface area contributed by atoms with E-state index in [2.05, 4.69) is 15.6 Å². The SMILES string of the molecule is CCN(c1ccccc1)S(=O)(=O)c1ccc(NC(C)C(=O)Nc2ccccc2)nc1. The van der Waals surface area contributed by atoms with Gasteiger partial charge in [0.2, 0.25) is 5.91 Å². The van der Waals surface area contributed by atoms with Crippen molar-refractivity contribution in [3.63, 3.8) is 0 Å². The van der Waals surface area contributed by atoms with E-state index in [-0.39, 0.29) is 10.8 Å². The van der Waals surface area contributed by atoms with Crippen molar-refractivity contribution in [1.82, 2.24) is 4.98 Å². The first kappa shape index (κ1) is 21.3. The third-order valence-corrected chi connectivity index (χ3v) is 6.34. The van der Waals surface area contributed by atoms with Crippen molar-refractivity contribution in [1.29, 1.82) is 0 Å². The molecule has 0 bridgehead atoms. The predicted octanol–water partition coefficient (Wildman–Crippen LogP) is 3.74. The van der Waals surface area contributed by atoms with E-state index in [4.69, 9.17) is 0 Å². The van der Waals surface area contributed by atoms with Crippen LogP contribution in [0.4, 0.5) is 17.2 Å². The highest BCUT2D eigenvalue weighted by Crippen LogP contribution is 2.23. The summed E-state index contributed by atoms with van der Waals surface area (Å²) in [5.74, 6) is 0.188. The van der Waals surface area contributed by atoms with Crippen molar-refractivity contribution in [3.8, 4) is 0 Å². The van der Waals surface area contributed by atoms with Crippen molar-refractivity contribution in [2.75, 3.05) is 21.5 Å². The summed E-state index contributed by atoms with van der Waals surface area (Å²) in [4.78, 5) is 16.6. The monoisotopic (exact) mass is 424 g/mol. The van der Waals surface area contributed by atoms with Gasteiger partial charge in [-0.05, 0) is 50.2 Å². The lowest BCUT2D eigenvalue weighted by Gasteiger charge is -2.23. The largest absolute Gasteiger partial charge is 0.359 e. The number of hydrogen-bond acceptors (Lipinski definition) is 5. The van der Waals surface area contributed by atoms with Crippen LogP contribution in [0.2, 0.25) is 0 Å². The van der Waals surface area contributed by atoms with E-state index < -0.39 is 16.1 Å². The van der Waals surface area contributed by atoms with Crippen LogP contribution in [-0.4, -0.2) is 31.9 Å². The molecule has 0 saturated heterocycles. The molecule has 1 amide bonds. The molecule has 7 nitrogen and oxygen atoms in total. The zero-order valence-corrected chi connectivity index (χ0v) is 17.6. The molecule has 0 aliphatic heterocycles. The molecule has 1 unspecified atom stereocenters. The van der Waals surface area contributed by atoms with Gasteiger partial charge in [-0.25, -0.2) is 13.4 Å². The summed E-state index contributed by atoms with van der Waals surface area (Å²) in [5, 5.41) is 5.79. The Bertz CT molecular complexity index is 1070. The Balaban J connectivity index is 1.70. The number of benzene rings is 2. The fraction of sp³-hybridized carbons (Fsp3) is 0.182. The fourth-order valence-corrected chi connectivity index (χ4v) is 4.31. The van der Waals surface area contributed by atoms with E-state index in [1.54, 1.807) is 56.3 Å². The molecule has 3 rings (SSSR count). The number of sulfonamides is 1. The highest BCUT2D eigenvalue weighted by Gasteiger charge is 2.24. The first-order valence-electron chi connectivity index (χ1n) is 9.58. The Hall–Kier alpha value is -3.39. The van der Waals surface area contributed by atoms with E-state index in [1.807, 2.05) is 24.3 Å². The van der Waals surface area contributed by atoms with E-state index in [9.17, 15) is 13.2 Å². The molecule has 0 fully saturated rings. The molecule has 30 heavy (non-hydrogen) atoms. The fourth-order valence-electron chi connectivity index (χ4n) is 2.89. The summed E-state index contributed by atoms with van der Waals surface area (Å²) in [6.45, 7) is 3.78. The summed E-state index contributed by atoms with van der Waals surface area (Å²) in [6, 6.07) is 20.5. The van der Waals surface area contributed by atoms with Crippen molar-refractivity contribution in [3.05, 3.63) is 79.0 Å². The Morgan fingerprint density at radius 1 is 1.00 bits per heavy atom. The third-order valence-electron chi connectivity index (χ3n) is 4.45. The molecule has 0 aliphatic carbocycles. The quantitative estimate of drug-likeness (QED) is 0.575. The summed E-state index contributed by atoms with van der Waals surface area (Å²) in [6.07, 6.45) is 1.30. The molecule has 0 saturated carbocycles. The topological polar surface area (TPSA) is 91.4 Å². The zero-order valence-electron chi connectivity index (χ0n) is 16.8. The van der Waals surface area contributed by atoms with Gasteiger partial charge in [0.05, 0.1) is 5.69 Å². The molecule has 0 spiro atoms. The second-order valence-corrected chi connectivity index (χ2v) is 8.47. The Kier molecular flexibility index (Phi) is 6.68. The van der Waals surface area contributed by atoms with Gasteiger partial charge < -0.3 is 10.6 Å². The highest BCUT2D eigenvalue weighted by atomic mass is 32.2. The molecule has 2 N–H and O–H groups in total. The number of rotatable bonds is 8. The number of hydrogen-bond donors (Lipinski definition) is 2. The van der Waals surface area contributed by atoms with Crippen LogP contribution in [0, 0.1) is 0 Å². The molecular weight excluding hydrogens is 400 g/mol. The first-order chi connectivity index (χ1) is 14.4. The first-order valence-corrected chi connectivity index (χ1v) is 11.0. The lowest BCUT2D eigenvalue weighted by Crippen LogP contribution is -2.32. The third kappa shape index (κ3) is 4.96. The van der Waals surface area contributed by atoms with Gasteiger partial charge in [0.1, 0.15) is 16.8 Å². The number of nitrogens with zero attached hydrogens (tertiary/aromatic N) is 2. The maximum Gasteiger partial charge on any atom is 0.265 e. The minimum atomic E-state index is -3.74. The highest BCUT2D eigenvalue weighted by molar-refractivity contribution is 7.92. The summed E-state index contributed by atoms with van der Waals surface area (Å²) in [5.41, 5.74) is 1.29. The number of amides is 1. The molecule has 0 aliphatic rings. The van der Waals surface area contributed by atoms with Gasteiger partial charge in [0.25, 0.3) is 10.0 Å². The van der Waals surface area contributed by atoms with Crippen LogP contribution < -0.4 is 14.9 Å². The zero-order chi connectivity index (χ0) is 21.6. The number of anilines is 3. The average molecular weight is 425 g/mol. The van der Waals surface area contributed by atoms with Crippen LogP contribution in [-0.2, 0) is 14.8 Å². The maximum absolute atomic E-state index is 13.0. The minimum absolute atomic E-state index is 0.0835. The van der Waals surface area contributed by atoms with Crippen LogP contribution in [0.5, 0.6) is 0 Å². The van der Waals surface area contributed by atoms with Gasteiger partial charge >= 0.3 is 0 Å². The standard InChI is InChI=1S/C22H24N4O3S/c1-3-26(19-12-8-5-9-13-19)30(28,29)20-14-15-21(23-16-20)24-17(2)22(27)25-18-10-6-4-7-11-18/h4-17H,3H2,1-2H3,(H,23,24)(H,25,27). The van der Waals surface area contributed by atoms with Gasteiger partial charge in [0.15, 0.2) is 0 Å². The van der Waals surface area contributed by atoms with E-state index in [1.165, 1.54) is 16.6 Å². The van der Waals surface area contributed by atoms with E-state index in [0.717, 1.165) is 0 Å². The molecular formula is C22H24N4O3S. The molecule has 3 aromatic rings. The predicted molar refractivity (Wildman–Crippen MR) is 119 cm³/mol. The van der Waals surface area contributed by atoms with Gasteiger partial charge in [0, 0.05) is 18.4 Å². The summed E-state index contributed by atoms with van der Waals surface area (Å²) >= 11 is 0. The Morgan fingerprint density at radius 2 is 1.63 bits per heavy atom. The molecule has 1 heterocycles. The van der Waals surface area contributed by atoms with Crippen molar-refractivity contribution >= 4 is 33.1 Å². The number of para-hydroxylation sites is 2. The number of pyridine rings is 1. The van der Waals surface area contributed by atoms with E-state index >= 15 is 0 Å². The molecule has 156 valence electrons. The molecule has 1 atom stereocenters. The Morgan fingerprint density at radius 3 is 2.20 bits per heavy atom. The van der Waals surface area contributed by atoms with Gasteiger partial charge in [-0.2, -0.15) is 0 Å². The number of nitrogens with one attached hydrogen (secondary N) is 2. The Labute approximate surface area is 176 Å². The van der Waals surface area contributed by atoms with Crippen LogP contribution in [0.15, 0.2) is 83.9 Å². The smallest absolute Gasteiger partial charge is 0.265 e. The van der Waals surface area contributed by atoms with Crippen LogP contribution in [0.25, 0.3) is 0 Å². The van der Waals surface area contributed by atoms with Crippen LogP contribution in [0.3, 0.4) is 0 Å².